The molecule has 1 saturated heterocycles. The maximum Gasteiger partial charge on any atom is 0.341 e. The molecule has 7 heteroatoms. The molecule has 1 fully saturated rings. The minimum Gasteiger partial charge on any atom is -0.477 e. The van der Waals surface area contributed by atoms with Crippen molar-refractivity contribution in [3.63, 3.8) is 0 Å². The molecule has 2 N–H and O–H groups in total. The highest BCUT2D eigenvalue weighted by atomic mass is 16.4. The third-order valence-corrected chi connectivity index (χ3v) is 3.37. The van der Waals surface area contributed by atoms with E-state index < -0.39 is 11.4 Å². The highest BCUT2D eigenvalue weighted by Gasteiger charge is 2.18. The van der Waals surface area contributed by atoms with E-state index in [2.05, 4.69) is 10.3 Å². The lowest BCUT2D eigenvalue weighted by Crippen LogP contribution is -2.49. The van der Waals surface area contributed by atoms with Crippen molar-refractivity contribution in [3.05, 3.63) is 40.3 Å². The molecule has 0 atom stereocenters. The van der Waals surface area contributed by atoms with Crippen molar-refractivity contribution in [2.45, 2.75) is 0 Å². The number of aromatic carboxylic acids is 1. The molecule has 1 aliphatic heterocycles. The molecular weight excluding hydrogens is 260 g/mol. The largest absolute Gasteiger partial charge is 0.477 e. The number of carboxylic acid groups (broad SMARTS) is 1. The highest BCUT2D eigenvalue weighted by Crippen LogP contribution is 2.10. The van der Waals surface area contributed by atoms with E-state index in [4.69, 9.17) is 0 Å². The first-order chi connectivity index (χ1) is 9.68. The molecule has 3 heterocycles. The molecule has 2 aromatic heterocycles. The Morgan fingerprint density at radius 2 is 2.10 bits per heavy atom. The van der Waals surface area contributed by atoms with E-state index in [0.29, 0.717) is 11.0 Å². The van der Waals surface area contributed by atoms with Crippen LogP contribution in [0.3, 0.4) is 0 Å². The van der Waals surface area contributed by atoms with Crippen molar-refractivity contribution in [1.29, 1.82) is 0 Å². The van der Waals surface area contributed by atoms with Gasteiger partial charge in [0.2, 0.25) is 5.43 Å². The van der Waals surface area contributed by atoms with Crippen LogP contribution in [0, 0.1) is 0 Å². The van der Waals surface area contributed by atoms with Gasteiger partial charge in [-0.25, -0.2) is 14.5 Å². The fraction of sp³-hybridized carbons (Fsp3) is 0.308. The maximum atomic E-state index is 12.1. The third kappa shape index (κ3) is 2.01. The average molecular weight is 274 g/mol. The van der Waals surface area contributed by atoms with Gasteiger partial charge in [-0.15, -0.1) is 0 Å². The van der Waals surface area contributed by atoms with E-state index in [1.54, 1.807) is 23.0 Å². The van der Waals surface area contributed by atoms with Crippen LogP contribution in [0.2, 0.25) is 0 Å². The van der Waals surface area contributed by atoms with E-state index in [1.807, 2.05) is 5.01 Å². The minimum absolute atomic E-state index is 0.232. The quantitative estimate of drug-likeness (QED) is 0.777. The second-order valence-corrected chi connectivity index (χ2v) is 4.60. The number of fused-ring (bicyclic) bond motifs is 1. The van der Waals surface area contributed by atoms with Gasteiger partial charge in [-0.1, -0.05) is 0 Å². The van der Waals surface area contributed by atoms with Gasteiger partial charge in [0.05, 0.1) is 5.39 Å². The second kappa shape index (κ2) is 4.93. The zero-order chi connectivity index (χ0) is 14.1. The summed E-state index contributed by atoms with van der Waals surface area (Å²) in [5.74, 6) is -1.22. The van der Waals surface area contributed by atoms with Crippen LogP contribution in [0.15, 0.2) is 29.3 Å². The lowest BCUT2D eigenvalue weighted by atomic mass is 10.2. The number of nitrogens with one attached hydrogen (secondary N) is 1. The molecule has 3 rings (SSSR count). The summed E-state index contributed by atoms with van der Waals surface area (Å²) in [5.41, 5.74) is -0.236. The number of hydrogen-bond donors (Lipinski definition) is 2. The molecule has 0 aliphatic carbocycles. The fourth-order valence-electron chi connectivity index (χ4n) is 2.38. The van der Waals surface area contributed by atoms with Gasteiger partial charge < -0.3 is 15.4 Å². The number of piperazine rings is 1. The Hall–Kier alpha value is -2.41. The number of carboxylic acids is 1. The molecule has 104 valence electrons. The van der Waals surface area contributed by atoms with Crippen LogP contribution in [0.4, 0.5) is 0 Å². The van der Waals surface area contributed by atoms with Crippen molar-refractivity contribution in [2.24, 2.45) is 0 Å². The van der Waals surface area contributed by atoms with Crippen LogP contribution in [-0.4, -0.2) is 46.9 Å². The van der Waals surface area contributed by atoms with Crippen LogP contribution < -0.4 is 15.8 Å². The van der Waals surface area contributed by atoms with Gasteiger partial charge in [0.1, 0.15) is 5.56 Å². The Labute approximate surface area is 114 Å². The van der Waals surface area contributed by atoms with Crippen molar-refractivity contribution >= 4 is 17.0 Å². The van der Waals surface area contributed by atoms with E-state index >= 15 is 0 Å². The summed E-state index contributed by atoms with van der Waals surface area (Å²) in [5, 5.41) is 14.7. The molecule has 20 heavy (non-hydrogen) atoms. The molecular formula is C13H14N4O3. The lowest BCUT2D eigenvalue weighted by Gasteiger charge is -2.32. The third-order valence-electron chi connectivity index (χ3n) is 3.37. The van der Waals surface area contributed by atoms with Gasteiger partial charge in [-0.05, 0) is 12.1 Å². The minimum atomic E-state index is -1.22. The number of carbonyl (C=O) groups is 1. The van der Waals surface area contributed by atoms with Crippen molar-refractivity contribution < 1.29 is 9.90 Å². The molecule has 0 aromatic carbocycles. The predicted octanol–water partition coefficient (Wildman–Crippen LogP) is -0.364. The molecule has 7 nitrogen and oxygen atoms in total. The summed E-state index contributed by atoms with van der Waals surface area (Å²) < 4.78 is 1.68. The summed E-state index contributed by atoms with van der Waals surface area (Å²) in [6.07, 6.45) is 2.96. The highest BCUT2D eigenvalue weighted by molar-refractivity contribution is 5.91. The van der Waals surface area contributed by atoms with Gasteiger partial charge in [0.25, 0.3) is 0 Å². The van der Waals surface area contributed by atoms with Gasteiger partial charge in [-0.2, -0.15) is 0 Å². The number of nitrogens with zero attached hydrogens (tertiary/aromatic N) is 3. The summed E-state index contributed by atoms with van der Waals surface area (Å²) in [4.78, 5) is 27.6. The standard InChI is InChI=1S/C13H14N4O3/c18-11-9-2-1-3-15-12(9)17(8-10(11)13(19)20)16-6-4-14-5-7-16/h1-3,8,14H,4-7H2,(H,19,20). The fourth-order valence-corrected chi connectivity index (χ4v) is 2.38. The second-order valence-electron chi connectivity index (χ2n) is 4.60. The first-order valence-corrected chi connectivity index (χ1v) is 6.38. The molecule has 0 radical (unpaired) electrons. The Balaban J connectivity index is 2.26. The van der Waals surface area contributed by atoms with Crippen LogP contribution in [0.1, 0.15) is 10.4 Å². The smallest absolute Gasteiger partial charge is 0.341 e. The topological polar surface area (TPSA) is 87.5 Å². The van der Waals surface area contributed by atoms with E-state index in [0.717, 1.165) is 26.2 Å². The van der Waals surface area contributed by atoms with Gasteiger partial charge in [-0.3, -0.25) is 4.79 Å². The number of hydrogen-bond acceptors (Lipinski definition) is 5. The predicted molar refractivity (Wildman–Crippen MR) is 73.8 cm³/mol. The SMILES string of the molecule is O=C(O)c1cn(N2CCNCC2)c2ncccc2c1=O. The molecule has 2 aromatic rings. The van der Waals surface area contributed by atoms with Crippen LogP contribution in [0.5, 0.6) is 0 Å². The maximum absolute atomic E-state index is 12.1. The van der Waals surface area contributed by atoms with Crippen LogP contribution >= 0.6 is 0 Å². The molecule has 0 bridgehead atoms. The molecule has 0 amide bonds. The van der Waals surface area contributed by atoms with Crippen molar-refractivity contribution in [1.82, 2.24) is 15.0 Å². The molecule has 0 spiro atoms. The number of pyridine rings is 2. The summed E-state index contributed by atoms with van der Waals surface area (Å²) in [6.45, 7) is 3.08. The van der Waals surface area contributed by atoms with Crippen molar-refractivity contribution in [3.8, 4) is 0 Å². The monoisotopic (exact) mass is 274 g/mol. The van der Waals surface area contributed by atoms with Crippen molar-refractivity contribution in [2.75, 3.05) is 31.2 Å². The molecule has 1 aliphatic rings. The Bertz CT molecular complexity index is 719. The number of aromatic nitrogens is 2. The first kappa shape index (κ1) is 12.6. The Morgan fingerprint density at radius 3 is 2.80 bits per heavy atom. The van der Waals surface area contributed by atoms with Crippen LogP contribution in [-0.2, 0) is 0 Å². The Morgan fingerprint density at radius 1 is 1.35 bits per heavy atom. The zero-order valence-electron chi connectivity index (χ0n) is 10.7. The first-order valence-electron chi connectivity index (χ1n) is 6.38. The lowest BCUT2D eigenvalue weighted by molar-refractivity contribution is 0.0695. The summed E-state index contributed by atoms with van der Waals surface area (Å²) >= 11 is 0. The van der Waals surface area contributed by atoms with E-state index in [1.165, 1.54) is 6.20 Å². The number of rotatable bonds is 2. The molecule has 0 unspecified atom stereocenters. The zero-order valence-corrected chi connectivity index (χ0v) is 10.7. The summed E-state index contributed by atoms with van der Waals surface area (Å²) in [6, 6.07) is 3.24. The Kier molecular flexibility index (Phi) is 3.11. The van der Waals surface area contributed by atoms with Gasteiger partial charge in [0, 0.05) is 38.6 Å². The molecule has 0 saturated carbocycles. The van der Waals surface area contributed by atoms with E-state index in [9.17, 15) is 14.7 Å². The normalized spacial score (nSPS) is 15.5. The van der Waals surface area contributed by atoms with Gasteiger partial charge >= 0.3 is 5.97 Å². The van der Waals surface area contributed by atoms with Gasteiger partial charge in [0.15, 0.2) is 5.65 Å². The van der Waals surface area contributed by atoms with E-state index in [-0.39, 0.29) is 5.56 Å². The average Bonchev–Trinajstić information content (AvgIpc) is 2.48. The summed E-state index contributed by atoms with van der Waals surface area (Å²) in [7, 11) is 0. The van der Waals surface area contributed by atoms with Crippen LogP contribution in [0.25, 0.3) is 11.0 Å².